The van der Waals surface area contributed by atoms with Crippen LogP contribution in [0.3, 0.4) is 0 Å². The van der Waals surface area contributed by atoms with Crippen LogP contribution in [0.25, 0.3) is 10.9 Å². The van der Waals surface area contributed by atoms with Gasteiger partial charge in [0.1, 0.15) is 5.52 Å². The van der Waals surface area contributed by atoms with Crippen LogP contribution in [-0.4, -0.2) is 61.7 Å². The lowest BCUT2D eigenvalue weighted by Gasteiger charge is -2.34. The third kappa shape index (κ3) is 7.30. The van der Waals surface area contributed by atoms with Crippen molar-refractivity contribution in [1.29, 1.82) is 0 Å². The summed E-state index contributed by atoms with van der Waals surface area (Å²) in [4.78, 5) is 34.5. The van der Waals surface area contributed by atoms with E-state index in [1.165, 1.54) is 0 Å². The molecule has 2 heterocycles. The largest absolute Gasteiger partial charge is 0.478 e. The summed E-state index contributed by atoms with van der Waals surface area (Å²) in [6.45, 7) is 10.9. The lowest BCUT2D eigenvalue weighted by molar-refractivity contribution is -0.134. The van der Waals surface area contributed by atoms with E-state index in [4.69, 9.17) is 10.2 Å². The van der Waals surface area contributed by atoms with E-state index in [0.717, 1.165) is 42.4 Å². The molecule has 0 bridgehead atoms. The number of benzene rings is 1. The Balaban J connectivity index is 0.000000390. The zero-order chi connectivity index (χ0) is 23.8. The third-order valence-corrected chi connectivity index (χ3v) is 5.61. The number of piperidine rings is 1. The molecule has 1 aromatic heterocycles. The van der Waals surface area contributed by atoms with Crippen LogP contribution in [0.15, 0.2) is 36.5 Å². The SMILES string of the molecule is CC(C)N1CCC(CC(=O)c2cccc3cn(C(C)C)nc23)CC1.O=C(O)/C=C/C(=O)O. The molecule has 1 aliphatic heterocycles. The highest BCUT2D eigenvalue weighted by molar-refractivity contribution is 6.06. The summed E-state index contributed by atoms with van der Waals surface area (Å²) >= 11 is 0. The van der Waals surface area contributed by atoms with Crippen molar-refractivity contribution >= 4 is 28.6 Å². The summed E-state index contributed by atoms with van der Waals surface area (Å²) in [5.74, 6) is -1.76. The van der Waals surface area contributed by atoms with Crippen molar-refractivity contribution in [3.8, 4) is 0 Å². The van der Waals surface area contributed by atoms with Crippen molar-refractivity contribution in [1.82, 2.24) is 14.7 Å². The van der Waals surface area contributed by atoms with Gasteiger partial charge < -0.3 is 15.1 Å². The highest BCUT2D eigenvalue weighted by Gasteiger charge is 2.24. The molecule has 1 saturated heterocycles. The standard InChI is InChI=1S/C20H29N3O.C4H4O4/c1-14(2)22-10-8-16(9-11-22)12-19(24)18-7-5-6-17-13-23(15(3)4)21-20(17)18;5-3(6)1-2-4(7)8/h5-7,13-16H,8-12H2,1-4H3;1-2H,(H,5,6)(H,7,8)/b;2-1+. The van der Waals surface area contributed by atoms with Crippen LogP contribution in [0.5, 0.6) is 0 Å². The van der Waals surface area contributed by atoms with Gasteiger partial charge in [-0.2, -0.15) is 5.10 Å². The molecule has 174 valence electrons. The molecule has 0 radical (unpaired) electrons. The number of likely N-dealkylation sites (tertiary alicyclic amines) is 1. The van der Waals surface area contributed by atoms with E-state index in [-0.39, 0.29) is 5.78 Å². The minimum atomic E-state index is -1.26. The first-order valence-corrected chi connectivity index (χ1v) is 11.0. The zero-order valence-corrected chi connectivity index (χ0v) is 19.2. The topological polar surface area (TPSA) is 113 Å². The Morgan fingerprint density at radius 1 is 1.03 bits per heavy atom. The van der Waals surface area contributed by atoms with Gasteiger partial charge in [0.25, 0.3) is 0 Å². The number of aliphatic carboxylic acids is 2. The van der Waals surface area contributed by atoms with Crippen LogP contribution < -0.4 is 0 Å². The van der Waals surface area contributed by atoms with E-state index in [9.17, 15) is 14.4 Å². The van der Waals surface area contributed by atoms with Gasteiger partial charge >= 0.3 is 11.9 Å². The number of carboxylic acids is 2. The fourth-order valence-electron chi connectivity index (χ4n) is 3.74. The van der Waals surface area contributed by atoms with Crippen LogP contribution in [0.2, 0.25) is 0 Å². The molecule has 32 heavy (non-hydrogen) atoms. The Bertz CT molecular complexity index is 953. The molecule has 0 atom stereocenters. The van der Waals surface area contributed by atoms with Crippen LogP contribution in [0, 0.1) is 5.92 Å². The fourth-order valence-corrected chi connectivity index (χ4v) is 3.74. The number of nitrogens with zero attached hydrogens (tertiary/aromatic N) is 3. The summed E-state index contributed by atoms with van der Waals surface area (Å²) < 4.78 is 1.95. The Labute approximate surface area is 188 Å². The Morgan fingerprint density at radius 2 is 1.62 bits per heavy atom. The molecule has 2 N–H and O–H groups in total. The van der Waals surface area contributed by atoms with Gasteiger partial charge in [-0.25, -0.2) is 9.59 Å². The Hall–Kier alpha value is -3.00. The molecule has 3 rings (SSSR count). The number of ketones is 1. The number of carbonyl (C=O) groups excluding carboxylic acids is 1. The molecule has 0 spiro atoms. The van der Waals surface area contributed by atoms with Crippen LogP contribution in [0.1, 0.15) is 63.4 Å². The van der Waals surface area contributed by atoms with Gasteiger partial charge in [-0.05, 0) is 65.6 Å². The molecule has 0 saturated carbocycles. The van der Waals surface area contributed by atoms with Crippen molar-refractivity contribution in [3.05, 3.63) is 42.1 Å². The molecule has 1 aromatic carbocycles. The molecular weight excluding hydrogens is 410 g/mol. The number of aromatic nitrogens is 2. The van der Waals surface area contributed by atoms with Crippen molar-refractivity contribution in [2.45, 2.75) is 59.0 Å². The van der Waals surface area contributed by atoms with E-state index in [1.807, 2.05) is 29.1 Å². The van der Waals surface area contributed by atoms with Gasteiger partial charge in [-0.1, -0.05) is 12.1 Å². The maximum atomic E-state index is 12.9. The van der Waals surface area contributed by atoms with Crippen LogP contribution in [-0.2, 0) is 9.59 Å². The maximum absolute atomic E-state index is 12.9. The second-order valence-electron chi connectivity index (χ2n) is 8.66. The smallest absolute Gasteiger partial charge is 0.328 e. The van der Waals surface area contributed by atoms with Gasteiger partial charge in [0.05, 0.1) is 0 Å². The summed E-state index contributed by atoms with van der Waals surface area (Å²) in [6.07, 6.45) is 6.06. The van der Waals surface area contributed by atoms with Gasteiger partial charge in [0.2, 0.25) is 0 Å². The van der Waals surface area contributed by atoms with Gasteiger partial charge in [0, 0.05) is 47.8 Å². The van der Waals surface area contributed by atoms with Crippen molar-refractivity contribution in [2.75, 3.05) is 13.1 Å². The van der Waals surface area contributed by atoms with Crippen molar-refractivity contribution in [3.63, 3.8) is 0 Å². The second kappa shape index (κ2) is 11.6. The fraction of sp³-hybridized carbons (Fsp3) is 0.500. The normalized spacial score (nSPS) is 15.3. The number of Topliss-reactive ketones (excluding diaryl/α,β-unsaturated/α-hetero) is 1. The summed E-state index contributed by atoms with van der Waals surface area (Å²) in [7, 11) is 0. The van der Waals surface area contributed by atoms with E-state index in [0.29, 0.717) is 36.6 Å². The predicted octanol–water partition coefficient (Wildman–Crippen LogP) is 4.02. The highest BCUT2D eigenvalue weighted by Crippen LogP contribution is 2.26. The molecule has 0 amide bonds. The zero-order valence-electron chi connectivity index (χ0n) is 19.2. The first kappa shape index (κ1) is 25.3. The molecular formula is C24H33N3O5. The van der Waals surface area contributed by atoms with E-state index < -0.39 is 11.9 Å². The van der Waals surface area contributed by atoms with Gasteiger partial charge in [-0.15, -0.1) is 0 Å². The number of hydrogen-bond acceptors (Lipinski definition) is 5. The molecule has 2 aromatic rings. The number of carboxylic acid groups (broad SMARTS) is 2. The number of carbonyl (C=O) groups is 3. The first-order chi connectivity index (χ1) is 15.1. The lowest BCUT2D eigenvalue weighted by atomic mass is 9.89. The van der Waals surface area contributed by atoms with Crippen LogP contribution in [0.4, 0.5) is 0 Å². The molecule has 8 heteroatoms. The van der Waals surface area contributed by atoms with Gasteiger partial charge in [0.15, 0.2) is 5.78 Å². The summed E-state index contributed by atoms with van der Waals surface area (Å²) in [5.41, 5.74) is 1.65. The van der Waals surface area contributed by atoms with Crippen molar-refractivity contribution < 1.29 is 24.6 Å². The van der Waals surface area contributed by atoms with Gasteiger partial charge in [-0.3, -0.25) is 9.48 Å². The molecule has 0 aliphatic carbocycles. The van der Waals surface area contributed by atoms with E-state index >= 15 is 0 Å². The minimum Gasteiger partial charge on any atom is -0.478 e. The summed E-state index contributed by atoms with van der Waals surface area (Å²) in [6, 6.07) is 6.87. The van der Waals surface area contributed by atoms with E-state index in [1.54, 1.807) is 0 Å². The number of fused-ring (bicyclic) bond motifs is 1. The molecule has 8 nitrogen and oxygen atoms in total. The number of rotatable bonds is 7. The average Bonchev–Trinajstić information content (AvgIpc) is 3.18. The quantitative estimate of drug-likeness (QED) is 0.491. The number of hydrogen-bond donors (Lipinski definition) is 2. The second-order valence-corrected chi connectivity index (χ2v) is 8.66. The molecule has 0 unspecified atom stereocenters. The summed E-state index contributed by atoms with van der Waals surface area (Å²) in [5, 5.41) is 21.3. The van der Waals surface area contributed by atoms with Crippen LogP contribution >= 0.6 is 0 Å². The van der Waals surface area contributed by atoms with E-state index in [2.05, 4.69) is 37.7 Å². The molecule has 1 fully saturated rings. The Morgan fingerprint density at radius 3 is 2.12 bits per heavy atom. The third-order valence-electron chi connectivity index (χ3n) is 5.61. The minimum absolute atomic E-state index is 0.248. The van der Waals surface area contributed by atoms with Crippen molar-refractivity contribution in [2.24, 2.45) is 5.92 Å². The lowest BCUT2D eigenvalue weighted by Crippen LogP contribution is -2.38. The average molecular weight is 444 g/mol. The molecule has 1 aliphatic rings. The monoisotopic (exact) mass is 443 g/mol. The first-order valence-electron chi connectivity index (χ1n) is 11.0. The highest BCUT2D eigenvalue weighted by atomic mass is 16.4. The maximum Gasteiger partial charge on any atom is 0.328 e. The Kier molecular flexibility index (Phi) is 9.13. The predicted molar refractivity (Wildman–Crippen MR) is 123 cm³/mol.